The molecule has 1 aromatic carbocycles. The molecule has 0 aliphatic carbocycles. The molecule has 0 atom stereocenters. The van der Waals surface area contributed by atoms with Gasteiger partial charge in [0.05, 0.1) is 6.54 Å². The smallest absolute Gasteiger partial charge is 0.251 e. The fourth-order valence-corrected chi connectivity index (χ4v) is 1.58. The number of hydrogen-bond acceptors (Lipinski definition) is 2. The van der Waals surface area contributed by atoms with Crippen molar-refractivity contribution in [3.05, 3.63) is 53.6 Å². The molecule has 1 aromatic heterocycles. The Morgan fingerprint density at radius 2 is 2.12 bits per heavy atom. The van der Waals surface area contributed by atoms with E-state index in [0.717, 1.165) is 11.4 Å². The SMILES string of the molecule is O=C(NCc1ncc[nH]1)c1ccc(CCl)cc1. The van der Waals surface area contributed by atoms with Crippen LogP contribution in [0, 0.1) is 0 Å². The van der Waals surface area contributed by atoms with Crippen molar-refractivity contribution in [2.24, 2.45) is 0 Å². The first-order valence-electron chi connectivity index (χ1n) is 5.21. The first-order chi connectivity index (χ1) is 8.29. The van der Waals surface area contributed by atoms with E-state index in [1.54, 1.807) is 24.5 Å². The van der Waals surface area contributed by atoms with Crippen LogP contribution in [-0.4, -0.2) is 15.9 Å². The lowest BCUT2D eigenvalue weighted by atomic mass is 10.1. The fraction of sp³-hybridized carbons (Fsp3) is 0.167. The molecule has 88 valence electrons. The highest BCUT2D eigenvalue weighted by molar-refractivity contribution is 6.17. The molecular weight excluding hydrogens is 238 g/mol. The molecule has 5 heteroatoms. The van der Waals surface area contributed by atoms with Crippen LogP contribution in [0.3, 0.4) is 0 Å². The normalized spacial score (nSPS) is 10.2. The summed E-state index contributed by atoms with van der Waals surface area (Å²) in [7, 11) is 0. The van der Waals surface area contributed by atoms with Crippen molar-refractivity contribution in [2.45, 2.75) is 12.4 Å². The first-order valence-corrected chi connectivity index (χ1v) is 5.74. The van der Waals surface area contributed by atoms with Crippen molar-refractivity contribution in [1.82, 2.24) is 15.3 Å². The van der Waals surface area contributed by atoms with Crippen LogP contribution in [0.25, 0.3) is 0 Å². The summed E-state index contributed by atoms with van der Waals surface area (Å²) in [5.41, 5.74) is 1.61. The van der Waals surface area contributed by atoms with Gasteiger partial charge in [0.25, 0.3) is 5.91 Å². The molecule has 1 heterocycles. The van der Waals surface area contributed by atoms with Crippen LogP contribution in [0.15, 0.2) is 36.7 Å². The summed E-state index contributed by atoms with van der Waals surface area (Å²) in [4.78, 5) is 18.7. The van der Waals surface area contributed by atoms with Gasteiger partial charge in [0, 0.05) is 23.8 Å². The maximum Gasteiger partial charge on any atom is 0.251 e. The van der Waals surface area contributed by atoms with Crippen molar-refractivity contribution in [3.63, 3.8) is 0 Å². The van der Waals surface area contributed by atoms with Gasteiger partial charge in [0.2, 0.25) is 0 Å². The molecule has 0 bridgehead atoms. The molecule has 0 spiro atoms. The maximum atomic E-state index is 11.8. The van der Waals surface area contributed by atoms with Crippen molar-refractivity contribution < 1.29 is 4.79 Å². The van der Waals surface area contributed by atoms with Gasteiger partial charge in [0.1, 0.15) is 5.82 Å². The third-order valence-electron chi connectivity index (χ3n) is 2.34. The molecule has 17 heavy (non-hydrogen) atoms. The van der Waals surface area contributed by atoms with E-state index in [4.69, 9.17) is 11.6 Å². The van der Waals surface area contributed by atoms with Gasteiger partial charge < -0.3 is 10.3 Å². The van der Waals surface area contributed by atoms with Crippen molar-refractivity contribution in [2.75, 3.05) is 0 Å². The Hall–Kier alpha value is -1.81. The summed E-state index contributed by atoms with van der Waals surface area (Å²) in [6.07, 6.45) is 3.37. The Morgan fingerprint density at radius 1 is 1.35 bits per heavy atom. The number of hydrogen-bond donors (Lipinski definition) is 2. The molecular formula is C12H12ClN3O. The lowest BCUT2D eigenvalue weighted by Gasteiger charge is -2.03. The quantitative estimate of drug-likeness (QED) is 0.815. The topological polar surface area (TPSA) is 57.8 Å². The third kappa shape index (κ3) is 3.07. The summed E-state index contributed by atoms with van der Waals surface area (Å²) in [6, 6.07) is 7.20. The number of nitrogens with one attached hydrogen (secondary N) is 2. The molecule has 0 aliphatic heterocycles. The number of carbonyl (C=O) groups is 1. The molecule has 4 nitrogen and oxygen atoms in total. The number of H-pyrrole nitrogens is 1. The lowest BCUT2D eigenvalue weighted by molar-refractivity contribution is 0.0950. The van der Waals surface area contributed by atoms with E-state index >= 15 is 0 Å². The Morgan fingerprint density at radius 3 is 2.71 bits per heavy atom. The minimum atomic E-state index is -0.123. The second-order valence-corrected chi connectivity index (χ2v) is 3.82. The number of rotatable bonds is 4. The van der Waals surface area contributed by atoms with Crippen LogP contribution < -0.4 is 5.32 Å². The summed E-state index contributed by atoms with van der Waals surface area (Å²) in [5, 5.41) is 2.77. The van der Waals surface area contributed by atoms with Gasteiger partial charge in [-0.3, -0.25) is 4.79 Å². The van der Waals surface area contributed by atoms with Gasteiger partial charge in [-0.25, -0.2) is 4.98 Å². The maximum absolute atomic E-state index is 11.8. The van der Waals surface area contributed by atoms with Crippen LogP contribution in [-0.2, 0) is 12.4 Å². The molecule has 0 fully saturated rings. The van der Waals surface area contributed by atoms with Gasteiger partial charge >= 0.3 is 0 Å². The van der Waals surface area contributed by atoms with Crippen molar-refractivity contribution in [1.29, 1.82) is 0 Å². The third-order valence-corrected chi connectivity index (χ3v) is 2.65. The van der Waals surface area contributed by atoms with Crippen LogP contribution in [0.1, 0.15) is 21.7 Å². The number of aromatic nitrogens is 2. The van der Waals surface area contributed by atoms with Gasteiger partial charge in [-0.1, -0.05) is 12.1 Å². The Labute approximate surface area is 104 Å². The van der Waals surface area contributed by atoms with Crippen molar-refractivity contribution >= 4 is 17.5 Å². The number of imidazole rings is 1. The predicted molar refractivity (Wildman–Crippen MR) is 65.8 cm³/mol. The van der Waals surface area contributed by atoms with Gasteiger partial charge in [-0.05, 0) is 17.7 Å². The minimum Gasteiger partial charge on any atom is -0.347 e. The zero-order valence-electron chi connectivity index (χ0n) is 9.11. The molecule has 0 radical (unpaired) electrons. The second-order valence-electron chi connectivity index (χ2n) is 3.55. The fourth-order valence-electron chi connectivity index (χ4n) is 1.41. The lowest BCUT2D eigenvalue weighted by Crippen LogP contribution is -2.23. The standard InChI is InChI=1S/C12H12ClN3O/c13-7-9-1-3-10(4-2-9)12(17)16-8-11-14-5-6-15-11/h1-6H,7-8H2,(H,14,15)(H,16,17). The van der Waals surface area contributed by atoms with E-state index in [1.165, 1.54) is 0 Å². The molecule has 1 amide bonds. The van der Waals surface area contributed by atoms with E-state index in [2.05, 4.69) is 15.3 Å². The summed E-state index contributed by atoms with van der Waals surface area (Å²) < 4.78 is 0. The molecule has 2 N–H and O–H groups in total. The average molecular weight is 250 g/mol. The number of amides is 1. The summed E-state index contributed by atoms with van der Waals surface area (Å²) in [6.45, 7) is 0.392. The summed E-state index contributed by atoms with van der Waals surface area (Å²) >= 11 is 5.67. The molecule has 0 saturated carbocycles. The average Bonchev–Trinajstić information content (AvgIpc) is 2.89. The molecule has 0 aliphatic rings. The van der Waals surface area contributed by atoms with E-state index in [1.807, 2.05) is 12.1 Å². The zero-order valence-corrected chi connectivity index (χ0v) is 9.87. The highest BCUT2D eigenvalue weighted by atomic mass is 35.5. The monoisotopic (exact) mass is 249 g/mol. The second kappa shape index (κ2) is 5.50. The van der Waals surface area contributed by atoms with Gasteiger partial charge in [0.15, 0.2) is 0 Å². The molecule has 2 aromatic rings. The van der Waals surface area contributed by atoms with Crippen LogP contribution in [0.4, 0.5) is 0 Å². The Kier molecular flexibility index (Phi) is 3.77. The Balaban J connectivity index is 1.95. The largest absolute Gasteiger partial charge is 0.347 e. The minimum absolute atomic E-state index is 0.123. The van der Waals surface area contributed by atoms with E-state index in [-0.39, 0.29) is 5.91 Å². The number of carbonyl (C=O) groups excluding carboxylic acids is 1. The molecule has 0 unspecified atom stereocenters. The number of aromatic amines is 1. The predicted octanol–water partition coefficient (Wildman–Crippen LogP) is 2.08. The van der Waals surface area contributed by atoms with Crippen LogP contribution in [0.5, 0.6) is 0 Å². The number of nitrogens with zero attached hydrogens (tertiary/aromatic N) is 1. The van der Waals surface area contributed by atoms with E-state index in [9.17, 15) is 4.79 Å². The highest BCUT2D eigenvalue weighted by Crippen LogP contribution is 2.06. The van der Waals surface area contributed by atoms with E-state index < -0.39 is 0 Å². The first kappa shape index (κ1) is 11.7. The zero-order chi connectivity index (χ0) is 12.1. The number of alkyl halides is 1. The summed E-state index contributed by atoms with van der Waals surface area (Å²) in [5.74, 6) is 1.06. The Bertz CT molecular complexity index is 479. The number of benzene rings is 1. The van der Waals surface area contributed by atoms with Crippen LogP contribution >= 0.6 is 11.6 Å². The van der Waals surface area contributed by atoms with Gasteiger partial charge in [-0.2, -0.15) is 0 Å². The molecule has 2 rings (SSSR count). The van der Waals surface area contributed by atoms with Gasteiger partial charge in [-0.15, -0.1) is 11.6 Å². The molecule has 0 saturated heterocycles. The van der Waals surface area contributed by atoms with Crippen LogP contribution in [0.2, 0.25) is 0 Å². The van der Waals surface area contributed by atoms with Crippen molar-refractivity contribution in [3.8, 4) is 0 Å². The number of halogens is 1. The van der Waals surface area contributed by atoms with E-state index in [0.29, 0.717) is 18.0 Å². The highest BCUT2D eigenvalue weighted by Gasteiger charge is 2.05.